The summed E-state index contributed by atoms with van der Waals surface area (Å²) in [5, 5.41) is 11.4. The summed E-state index contributed by atoms with van der Waals surface area (Å²) < 4.78 is 0. The van der Waals surface area contributed by atoms with E-state index < -0.39 is 0 Å². The highest BCUT2D eigenvalue weighted by Crippen LogP contribution is 2.24. The van der Waals surface area contributed by atoms with Crippen LogP contribution in [-0.2, 0) is 4.79 Å². The number of amides is 1. The van der Waals surface area contributed by atoms with E-state index in [4.69, 9.17) is 5.26 Å². The van der Waals surface area contributed by atoms with Crippen molar-refractivity contribution in [1.29, 1.82) is 5.26 Å². The fourth-order valence-electron chi connectivity index (χ4n) is 1.57. The van der Waals surface area contributed by atoms with Gasteiger partial charge in [-0.15, -0.1) is 11.8 Å². The van der Waals surface area contributed by atoms with E-state index in [0.717, 1.165) is 15.5 Å². The second-order valence-electron chi connectivity index (χ2n) is 4.04. The molecule has 0 bridgehead atoms. The molecule has 1 amide bonds. The van der Waals surface area contributed by atoms with E-state index in [1.807, 2.05) is 37.6 Å². The predicted octanol–water partition coefficient (Wildman–Crippen LogP) is 0.775. The molecule has 18 heavy (non-hydrogen) atoms. The number of thioether (sulfide) groups is 1. The number of benzene rings is 1. The van der Waals surface area contributed by atoms with Crippen LogP contribution in [0.3, 0.4) is 0 Å². The summed E-state index contributed by atoms with van der Waals surface area (Å²) in [7, 11) is 1.91. The van der Waals surface area contributed by atoms with Gasteiger partial charge in [0.25, 0.3) is 5.91 Å². The van der Waals surface area contributed by atoms with Crippen molar-refractivity contribution >= 4 is 23.4 Å². The monoisotopic (exact) mass is 264 g/mol. The Labute approximate surface area is 112 Å². The third kappa shape index (κ3) is 4.78. The number of quaternary nitrogens is 1. The Kier molecular flexibility index (Phi) is 6.26. The summed E-state index contributed by atoms with van der Waals surface area (Å²) in [6, 6.07) is 9.81. The zero-order valence-electron chi connectivity index (χ0n) is 10.7. The van der Waals surface area contributed by atoms with Gasteiger partial charge in [-0.05, 0) is 18.4 Å². The van der Waals surface area contributed by atoms with Crippen molar-refractivity contribution in [3.8, 4) is 6.07 Å². The van der Waals surface area contributed by atoms with Gasteiger partial charge in [0.2, 0.25) is 0 Å². The smallest absolute Gasteiger partial charge is 0.279 e. The molecule has 0 spiro atoms. The third-order valence-corrected chi connectivity index (χ3v) is 3.30. The maximum absolute atomic E-state index is 11.8. The topological polar surface area (TPSA) is 57.3 Å². The van der Waals surface area contributed by atoms with E-state index >= 15 is 0 Å². The molecule has 0 heterocycles. The standard InChI is InChI=1S/C13H17N3OS/c1-16(9-5-8-14)10-13(17)15-11-6-3-4-7-12(11)18-2/h3-4,6-7H,5,9-10H2,1-2H3,(H,15,17)/p+1. The average Bonchev–Trinajstić information content (AvgIpc) is 2.36. The van der Waals surface area contributed by atoms with Crippen molar-refractivity contribution in [2.24, 2.45) is 0 Å². The van der Waals surface area contributed by atoms with E-state index in [1.165, 1.54) is 0 Å². The van der Waals surface area contributed by atoms with Crippen LogP contribution in [0.25, 0.3) is 0 Å². The van der Waals surface area contributed by atoms with E-state index in [1.54, 1.807) is 11.8 Å². The first-order valence-corrected chi connectivity index (χ1v) is 7.01. The Morgan fingerprint density at radius 1 is 1.50 bits per heavy atom. The number of hydrogen-bond acceptors (Lipinski definition) is 3. The van der Waals surface area contributed by atoms with E-state index in [9.17, 15) is 4.79 Å². The molecular weight excluding hydrogens is 246 g/mol. The molecule has 0 aromatic heterocycles. The first-order valence-electron chi connectivity index (χ1n) is 5.78. The Morgan fingerprint density at radius 2 is 2.22 bits per heavy atom. The zero-order valence-corrected chi connectivity index (χ0v) is 11.5. The molecule has 5 heteroatoms. The minimum absolute atomic E-state index is 0.0214. The lowest BCUT2D eigenvalue weighted by Crippen LogP contribution is -3.10. The van der Waals surface area contributed by atoms with Crippen LogP contribution in [0.1, 0.15) is 6.42 Å². The molecule has 2 N–H and O–H groups in total. The van der Waals surface area contributed by atoms with Crippen LogP contribution in [0, 0.1) is 11.3 Å². The maximum atomic E-state index is 11.8. The van der Waals surface area contributed by atoms with Crippen LogP contribution in [0.15, 0.2) is 29.2 Å². The maximum Gasteiger partial charge on any atom is 0.279 e. The molecule has 1 atom stereocenters. The van der Waals surface area contributed by atoms with E-state index in [0.29, 0.717) is 19.5 Å². The number of nitrogens with zero attached hydrogens (tertiary/aromatic N) is 1. The van der Waals surface area contributed by atoms with Crippen LogP contribution in [0.4, 0.5) is 5.69 Å². The average molecular weight is 264 g/mol. The van der Waals surface area contributed by atoms with Crippen LogP contribution < -0.4 is 10.2 Å². The number of carbonyl (C=O) groups excluding carboxylic acids is 1. The van der Waals surface area contributed by atoms with Gasteiger partial charge in [0.1, 0.15) is 0 Å². The summed E-state index contributed by atoms with van der Waals surface area (Å²) in [5.74, 6) is -0.0214. The summed E-state index contributed by atoms with van der Waals surface area (Å²) in [6.45, 7) is 1.07. The Hall–Kier alpha value is -1.51. The molecule has 1 unspecified atom stereocenters. The lowest BCUT2D eigenvalue weighted by Gasteiger charge is -2.13. The fourth-order valence-corrected chi connectivity index (χ4v) is 2.13. The molecule has 0 fully saturated rings. The SMILES string of the molecule is CSc1ccccc1NC(=O)C[NH+](C)CCC#N. The number of carbonyl (C=O) groups is 1. The number of rotatable bonds is 6. The van der Waals surface area contributed by atoms with Gasteiger partial charge in [-0.2, -0.15) is 5.26 Å². The molecule has 1 aromatic rings. The number of anilines is 1. The fraction of sp³-hybridized carbons (Fsp3) is 0.385. The van der Waals surface area contributed by atoms with Crippen molar-refractivity contribution < 1.29 is 9.69 Å². The van der Waals surface area contributed by atoms with Crippen LogP contribution in [0.2, 0.25) is 0 Å². The third-order valence-electron chi connectivity index (χ3n) is 2.51. The Morgan fingerprint density at radius 3 is 2.89 bits per heavy atom. The van der Waals surface area contributed by atoms with E-state index in [-0.39, 0.29) is 5.91 Å². The van der Waals surface area contributed by atoms with Crippen molar-refractivity contribution in [3.05, 3.63) is 24.3 Å². The molecule has 0 aliphatic rings. The van der Waals surface area contributed by atoms with Crippen molar-refractivity contribution in [2.75, 3.05) is 31.7 Å². The molecule has 0 aliphatic heterocycles. The van der Waals surface area contributed by atoms with Gasteiger partial charge in [-0.25, -0.2) is 0 Å². The first kappa shape index (κ1) is 14.6. The first-order chi connectivity index (χ1) is 8.67. The second-order valence-corrected chi connectivity index (χ2v) is 4.89. The molecule has 0 saturated carbocycles. The summed E-state index contributed by atoms with van der Waals surface area (Å²) >= 11 is 1.61. The van der Waals surface area contributed by atoms with Gasteiger partial charge >= 0.3 is 0 Å². The summed E-state index contributed by atoms with van der Waals surface area (Å²) in [4.78, 5) is 13.9. The minimum atomic E-state index is -0.0214. The van der Waals surface area contributed by atoms with E-state index in [2.05, 4.69) is 11.4 Å². The molecule has 96 valence electrons. The molecule has 0 radical (unpaired) electrons. The Bertz CT molecular complexity index is 442. The number of para-hydroxylation sites is 1. The highest BCUT2D eigenvalue weighted by Gasteiger charge is 2.11. The second kappa shape index (κ2) is 7.75. The normalized spacial score (nSPS) is 11.6. The molecule has 0 aliphatic carbocycles. The number of hydrogen-bond donors (Lipinski definition) is 2. The molecule has 1 aromatic carbocycles. The number of nitrogens with one attached hydrogen (secondary N) is 2. The number of likely N-dealkylation sites (N-methyl/N-ethyl adjacent to an activating group) is 1. The Balaban J connectivity index is 2.52. The van der Waals surface area contributed by atoms with Gasteiger partial charge in [-0.3, -0.25) is 4.79 Å². The minimum Gasteiger partial charge on any atom is -0.329 e. The van der Waals surface area contributed by atoms with Gasteiger partial charge < -0.3 is 10.2 Å². The predicted molar refractivity (Wildman–Crippen MR) is 73.7 cm³/mol. The number of nitriles is 1. The lowest BCUT2D eigenvalue weighted by molar-refractivity contribution is -0.870. The van der Waals surface area contributed by atoms with Gasteiger partial charge in [0, 0.05) is 4.90 Å². The molecule has 0 saturated heterocycles. The van der Waals surface area contributed by atoms with Crippen molar-refractivity contribution in [1.82, 2.24) is 0 Å². The summed E-state index contributed by atoms with van der Waals surface area (Å²) in [5.41, 5.74) is 0.850. The molecule has 1 rings (SSSR count). The van der Waals surface area contributed by atoms with Crippen molar-refractivity contribution in [2.45, 2.75) is 11.3 Å². The molecule has 4 nitrogen and oxygen atoms in total. The lowest BCUT2D eigenvalue weighted by atomic mass is 10.3. The van der Waals surface area contributed by atoms with Crippen molar-refractivity contribution in [3.63, 3.8) is 0 Å². The highest BCUT2D eigenvalue weighted by molar-refractivity contribution is 7.98. The van der Waals surface area contributed by atoms with Crippen LogP contribution >= 0.6 is 11.8 Å². The quantitative estimate of drug-likeness (QED) is 0.746. The summed E-state index contributed by atoms with van der Waals surface area (Å²) in [6.07, 6.45) is 2.45. The van der Waals surface area contributed by atoms with Gasteiger partial charge in [0.05, 0.1) is 31.8 Å². The zero-order chi connectivity index (χ0) is 13.4. The largest absolute Gasteiger partial charge is 0.329 e. The van der Waals surface area contributed by atoms with Gasteiger partial charge in [0.15, 0.2) is 6.54 Å². The van der Waals surface area contributed by atoms with Crippen LogP contribution in [-0.4, -0.2) is 32.3 Å². The van der Waals surface area contributed by atoms with Gasteiger partial charge in [-0.1, -0.05) is 12.1 Å². The highest BCUT2D eigenvalue weighted by atomic mass is 32.2. The van der Waals surface area contributed by atoms with Crippen LogP contribution in [0.5, 0.6) is 0 Å². The molecular formula is C13H18N3OS+.